The van der Waals surface area contributed by atoms with E-state index in [1.165, 1.54) is 7.11 Å². The summed E-state index contributed by atoms with van der Waals surface area (Å²) in [6.45, 7) is 0.997. The van der Waals surface area contributed by atoms with Crippen molar-refractivity contribution in [2.45, 2.75) is 62.1 Å². The average molecular weight is 465 g/mol. The van der Waals surface area contributed by atoms with E-state index in [1.807, 2.05) is 6.92 Å². The van der Waals surface area contributed by atoms with Gasteiger partial charge in [0.15, 0.2) is 0 Å². The van der Waals surface area contributed by atoms with E-state index in [4.69, 9.17) is 9.47 Å². The zero-order valence-electron chi connectivity index (χ0n) is 19.4. The van der Waals surface area contributed by atoms with E-state index in [1.54, 1.807) is 55.6 Å². The Hall–Kier alpha value is -2.20. The first-order chi connectivity index (χ1) is 15.6. The molecule has 0 saturated heterocycles. The minimum absolute atomic E-state index is 0.0150. The van der Waals surface area contributed by atoms with Crippen molar-refractivity contribution in [3.05, 3.63) is 59.7 Å². The Bertz CT molecular complexity index is 840. The molecule has 0 saturated carbocycles. The van der Waals surface area contributed by atoms with Gasteiger partial charge in [0.2, 0.25) is 0 Å². The lowest BCUT2D eigenvalue weighted by atomic mass is 9.71. The van der Waals surface area contributed by atoms with Crippen LogP contribution in [0.15, 0.2) is 48.5 Å². The molecule has 184 valence electrons. The molecule has 2 rings (SSSR count). The summed E-state index contributed by atoms with van der Waals surface area (Å²) in [6.07, 6.45) is -5.21. The van der Waals surface area contributed by atoms with Crippen LogP contribution >= 0.6 is 0 Å². The van der Waals surface area contributed by atoms with Gasteiger partial charge < -0.3 is 40.1 Å². The summed E-state index contributed by atoms with van der Waals surface area (Å²) in [7, 11) is 3.06. The Kier molecular flexibility index (Phi) is 9.66. The third kappa shape index (κ3) is 6.44. The van der Waals surface area contributed by atoms with Gasteiger partial charge in [0.05, 0.1) is 26.4 Å². The molecule has 6 N–H and O–H groups in total. The van der Waals surface area contributed by atoms with Crippen molar-refractivity contribution in [1.29, 1.82) is 0 Å². The van der Waals surface area contributed by atoms with Crippen LogP contribution in [0, 0.1) is 0 Å². The smallest absolute Gasteiger partial charge is 0.126 e. The Morgan fingerprint density at radius 2 is 1.24 bits per heavy atom. The van der Waals surface area contributed by atoms with Crippen LogP contribution in [0.25, 0.3) is 0 Å². The number of hydrogen-bond acceptors (Lipinski definition) is 8. The summed E-state index contributed by atoms with van der Waals surface area (Å²) in [5, 5.41) is 64.7. The number of benzene rings is 2. The maximum atomic E-state index is 11.6. The van der Waals surface area contributed by atoms with Crippen LogP contribution < -0.4 is 9.47 Å². The Labute approximate surface area is 194 Å². The lowest BCUT2D eigenvalue weighted by Gasteiger charge is -2.46. The van der Waals surface area contributed by atoms with Crippen molar-refractivity contribution in [2.75, 3.05) is 20.8 Å². The zero-order valence-corrected chi connectivity index (χ0v) is 19.4. The van der Waals surface area contributed by atoms with E-state index in [-0.39, 0.29) is 19.3 Å². The highest BCUT2D eigenvalue weighted by atomic mass is 16.5. The first-order valence-electron chi connectivity index (χ1n) is 11.0. The predicted octanol–water partition coefficient (Wildman–Crippen LogP) is 0.826. The number of aliphatic hydroxyl groups is 6. The van der Waals surface area contributed by atoms with Crippen molar-refractivity contribution in [1.82, 2.24) is 0 Å². The Morgan fingerprint density at radius 3 is 1.64 bits per heavy atom. The quantitative estimate of drug-likeness (QED) is 0.256. The second kappa shape index (κ2) is 11.8. The van der Waals surface area contributed by atoms with Crippen LogP contribution in [0.3, 0.4) is 0 Å². The molecule has 0 aromatic heterocycles. The lowest BCUT2D eigenvalue weighted by Crippen LogP contribution is -2.66. The molecule has 0 heterocycles. The SMILES string of the molecule is CCCC(O)(Cc1ccc(OC)cc1)[C@@H](O)[C@@](O)(Cc1ccc(OC)cc1)[C@H](O)[C@@H](O)CO. The number of aliphatic hydroxyl groups excluding tert-OH is 4. The molecule has 0 bridgehead atoms. The van der Waals surface area contributed by atoms with Crippen LogP contribution in [-0.4, -0.2) is 81.0 Å². The van der Waals surface area contributed by atoms with E-state index < -0.39 is 36.1 Å². The molecule has 0 amide bonds. The second-order valence-corrected chi connectivity index (χ2v) is 8.49. The van der Waals surface area contributed by atoms with Crippen LogP contribution in [-0.2, 0) is 12.8 Å². The number of rotatable bonds is 13. The van der Waals surface area contributed by atoms with Crippen LogP contribution in [0.1, 0.15) is 30.9 Å². The third-order valence-corrected chi connectivity index (χ3v) is 6.04. The topological polar surface area (TPSA) is 140 Å². The van der Waals surface area contributed by atoms with E-state index in [0.717, 1.165) is 0 Å². The molecule has 2 aromatic carbocycles. The molecule has 0 spiro atoms. The summed E-state index contributed by atoms with van der Waals surface area (Å²) in [5.41, 5.74) is -2.98. The molecule has 0 aliphatic carbocycles. The molecule has 0 fully saturated rings. The monoisotopic (exact) mass is 464 g/mol. The van der Waals surface area contributed by atoms with Crippen molar-refractivity contribution < 1.29 is 40.1 Å². The maximum Gasteiger partial charge on any atom is 0.126 e. The fourth-order valence-corrected chi connectivity index (χ4v) is 4.18. The minimum atomic E-state index is -2.37. The fraction of sp³-hybridized carbons (Fsp3) is 0.520. The van der Waals surface area contributed by atoms with Crippen molar-refractivity contribution in [3.63, 3.8) is 0 Å². The van der Waals surface area contributed by atoms with E-state index >= 15 is 0 Å². The summed E-state index contributed by atoms with van der Waals surface area (Å²) in [5.74, 6) is 1.22. The predicted molar refractivity (Wildman–Crippen MR) is 123 cm³/mol. The van der Waals surface area contributed by atoms with Gasteiger partial charge in [-0.25, -0.2) is 0 Å². The van der Waals surface area contributed by atoms with Gasteiger partial charge in [0, 0.05) is 12.8 Å². The Morgan fingerprint density at radius 1 is 0.788 bits per heavy atom. The summed E-state index contributed by atoms with van der Waals surface area (Å²) >= 11 is 0. The van der Waals surface area contributed by atoms with E-state index in [2.05, 4.69) is 0 Å². The highest BCUT2D eigenvalue weighted by molar-refractivity contribution is 5.31. The number of ether oxygens (including phenoxy) is 2. The summed E-state index contributed by atoms with van der Waals surface area (Å²) < 4.78 is 10.3. The van der Waals surface area contributed by atoms with Gasteiger partial charge in [-0.2, -0.15) is 0 Å². The van der Waals surface area contributed by atoms with Gasteiger partial charge >= 0.3 is 0 Å². The van der Waals surface area contributed by atoms with Gasteiger partial charge in [-0.15, -0.1) is 0 Å². The molecule has 8 heteroatoms. The molecule has 8 nitrogen and oxygen atoms in total. The average Bonchev–Trinajstić information content (AvgIpc) is 2.83. The van der Waals surface area contributed by atoms with Gasteiger partial charge in [-0.05, 0) is 41.8 Å². The Balaban J connectivity index is 2.44. The molecular weight excluding hydrogens is 428 g/mol. The highest BCUT2D eigenvalue weighted by Gasteiger charge is 2.53. The van der Waals surface area contributed by atoms with Gasteiger partial charge in [-0.1, -0.05) is 37.6 Å². The normalized spacial score (nSPS) is 18.0. The molecule has 1 unspecified atom stereocenters. The van der Waals surface area contributed by atoms with E-state index in [0.29, 0.717) is 29.0 Å². The van der Waals surface area contributed by atoms with Gasteiger partial charge in [-0.3, -0.25) is 0 Å². The second-order valence-electron chi connectivity index (χ2n) is 8.49. The van der Waals surface area contributed by atoms with Crippen molar-refractivity contribution >= 4 is 0 Å². The largest absolute Gasteiger partial charge is 0.497 e. The fourth-order valence-electron chi connectivity index (χ4n) is 4.18. The lowest BCUT2D eigenvalue weighted by molar-refractivity contribution is -0.230. The van der Waals surface area contributed by atoms with E-state index in [9.17, 15) is 30.6 Å². The van der Waals surface area contributed by atoms with Crippen LogP contribution in [0.5, 0.6) is 11.5 Å². The molecule has 0 aliphatic heterocycles. The number of hydrogen-bond donors (Lipinski definition) is 6. The highest BCUT2D eigenvalue weighted by Crippen LogP contribution is 2.35. The standard InChI is InChI=1S/C25H36O8/c1-4-13-24(30,14-17-5-9-19(32-2)10-6-17)23(29)25(31,22(28)21(27)16-26)15-18-7-11-20(33-3)12-8-18/h5-12,21-23,26-31H,4,13-16H2,1-3H3/t21-,22+,23+,24?,25+/m0/s1. The maximum absolute atomic E-state index is 11.6. The molecule has 0 aliphatic rings. The minimum Gasteiger partial charge on any atom is -0.497 e. The van der Waals surface area contributed by atoms with Gasteiger partial charge in [0.1, 0.15) is 35.4 Å². The summed E-state index contributed by atoms with van der Waals surface area (Å²) in [4.78, 5) is 0. The number of methoxy groups -OCH3 is 2. The molecule has 0 radical (unpaired) electrons. The van der Waals surface area contributed by atoms with Crippen molar-refractivity contribution in [3.8, 4) is 11.5 Å². The van der Waals surface area contributed by atoms with Gasteiger partial charge in [0.25, 0.3) is 0 Å². The molecule has 5 atom stereocenters. The molecule has 33 heavy (non-hydrogen) atoms. The molecule has 2 aromatic rings. The third-order valence-electron chi connectivity index (χ3n) is 6.04. The van der Waals surface area contributed by atoms with Crippen LogP contribution in [0.4, 0.5) is 0 Å². The first-order valence-corrected chi connectivity index (χ1v) is 11.0. The van der Waals surface area contributed by atoms with Crippen LogP contribution in [0.2, 0.25) is 0 Å². The summed E-state index contributed by atoms with van der Waals surface area (Å²) in [6, 6.07) is 13.6. The zero-order chi connectivity index (χ0) is 24.6. The molecular formula is C25H36O8. The van der Waals surface area contributed by atoms with Crippen molar-refractivity contribution in [2.24, 2.45) is 0 Å². The first kappa shape index (κ1) is 27.0.